The van der Waals surface area contributed by atoms with Crippen LogP contribution in [0.3, 0.4) is 0 Å². The van der Waals surface area contributed by atoms with E-state index in [1.165, 1.54) is 0 Å². The summed E-state index contributed by atoms with van der Waals surface area (Å²) in [6, 6.07) is 0. The zero-order valence-corrected chi connectivity index (χ0v) is 8.39. The van der Waals surface area contributed by atoms with E-state index in [9.17, 15) is 32.1 Å². The molecule has 94 valence electrons. The van der Waals surface area contributed by atoms with E-state index in [0.717, 1.165) is 0 Å². The monoisotopic (exact) mass is 276 g/mol. The number of halogens is 6. The van der Waals surface area contributed by atoms with Crippen molar-refractivity contribution in [3.8, 4) is 0 Å². The Bertz CT molecular complexity index is 462. The number of nitro groups is 1. The number of aromatic nitrogens is 1. The molecule has 0 aliphatic heterocycles. The van der Waals surface area contributed by atoms with Crippen LogP contribution in [0.25, 0.3) is 0 Å². The van der Waals surface area contributed by atoms with Crippen molar-refractivity contribution in [2.75, 3.05) is 0 Å². The summed E-state index contributed by atoms with van der Waals surface area (Å²) >= 11 is 5.10. The molecule has 4 nitrogen and oxygen atoms in total. The smallest absolute Gasteiger partial charge is 0.258 e. The summed E-state index contributed by atoms with van der Waals surface area (Å²) in [4.78, 5) is 11.8. The van der Waals surface area contributed by atoms with Gasteiger partial charge in [0.2, 0.25) is 0 Å². The van der Waals surface area contributed by atoms with E-state index in [2.05, 4.69) is 4.98 Å². The van der Waals surface area contributed by atoms with Gasteiger partial charge in [0, 0.05) is 0 Å². The first-order valence-corrected chi connectivity index (χ1v) is 4.22. The summed E-state index contributed by atoms with van der Waals surface area (Å²) in [6.07, 6.45) is -8.52. The predicted octanol–water partition coefficient (Wildman–Crippen LogP) is 3.60. The molecular formula is C7H2ClF5N2O2. The van der Waals surface area contributed by atoms with Crippen LogP contribution in [0.15, 0.2) is 6.20 Å². The summed E-state index contributed by atoms with van der Waals surface area (Å²) in [5, 5.41) is 8.91. The van der Waals surface area contributed by atoms with Crippen LogP contribution in [0.1, 0.15) is 17.7 Å². The molecule has 17 heavy (non-hydrogen) atoms. The van der Waals surface area contributed by atoms with Gasteiger partial charge in [0.15, 0.2) is 0 Å². The van der Waals surface area contributed by atoms with Gasteiger partial charge in [-0.1, -0.05) is 11.6 Å². The molecule has 1 aromatic rings. The first kappa shape index (κ1) is 13.6. The fourth-order valence-electron chi connectivity index (χ4n) is 1.05. The number of hydrogen-bond acceptors (Lipinski definition) is 3. The molecule has 0 aliphatic rings. The second-order valence-electron chi connectivity index (χ2n) is 2.77. The molecule has 0 atom stereocenters. The van der Waals surface area contributed by atoms with Crippen molar-refractivity contribution in [2.45, 2.75) is 12.6 Å². The lowest BCUT2D eigenvalue weighted by Crippen LogP contribution is -2.13. The number of rotatable bonds is 2. The summed E-state index contributed by atoms with van der Waals surface area (Å²) in [7, 11) is 0. The molecule has 0 fully saturated rings. The molecule has 0 bridgehead atoms. The van der Waals surface area contributed by atoms with Gasteiger partial charge in [0.1, 0.15) is 22.5 Å². The molecule has 0 amide bonds. The third-order valence-electron chi connectivity index (χ3n) is 1.71. The first-order valence-electron chi connectivity index (χ1n) is 3.84. The Morgan fingerprint density at radius 2 is 1.94 bits per heavy atom. The molecule has 1 heterocycles. The second-order valence-corrected chi connectivity index (χ2v) is 3.15. The zero-order chi connectivity index (χ0) is 13.4. The number of hydrogen-bond donors (Lipinski definition) is 0. The first-order chi connectivity index (χ1) is 7.66. The van der Waals surface area contributed by atoms with E-state index in [0.29, 0.717) is 0 Å². The minimum Gasteiger partial charge on any atom is -0.258 e. The van der Waals surface area contributed by atoms with Gasteiger partial charge in [0.05, 0.1) is 4.92 Å². The highest BCUT2D eigenvalue weighted by molar-refractivity contribution is 6.33. The highest BCUT2D eigenvalue weighted by Gasteiger charge is 2.42. The van der Waals surface area contributed by atoms with E-state index < -0.39 is 39.5 Å². The van der Waals surface area contributed by atoms with Gasteiger partial charge < -0.3 is 0 Å². The van der Waals surface area contributed by atoms with Crippen LogP contribution in [-0.4, -0.2) is 9.91 Å². The van der Waals surface area contributed by atoms with Crippen molar-refractivity contribution in [2.24, 2.45) is 0 Å². The minimum atomic E-state index is -5.25. The minimum absolute atomic E-state index is 0.263. The van der Waals surface area contributed by atoms with Gasteiger partial charge in [0.25, 0.3) is 6.43 Å². The lowest BCUT2D eigenvalue weighted by Gasteiger charge is -2.12. The quantitative estimate of drug-likeness (QED) is 0.471. The third-order valence-corrected chi connectivity index (χ3v) is 2.10. The van der Waals surface area contributed by atoms with E-state index >= 15 is 0 Å². The largest absolute Gasteiger partial charge is 0.420 e. The highest BCUT2D eigenvalue weighted by atomic mass is 35.5. The van der Waals surface area contributed by atoms with Gasteiger partial charge in [-0.2, -0.15) is 13.2 Å². The molecule has 10 heteroatoms. The number of pyridine rings is 1. The lowest BCUT2D eigenvalue weighted by molar-refractivity contribution is -0.385. The van der Waals surface area contributed by atoms with Crippen molar-refractivity contribution in [3.05, 3.63) is 32.6 Å². The second kappa shape index (κ2) is 4.40. The van der Waals surface area contributed by atoms with E-state index in [4.69, 9.17) is 11.6 Å². The van der Waals surface area contributed by atoms with E-state index in [-0.39, 0.29) is 6.20 Å². The van der Waals surface area contributed by atoms with Crippen molar-refractivity contribution in [1.82, 2.24) is 4.98 Å². The maximum absolute atomic E-state index is 12.4. The maximum atomic E-state index is 12.4. The van der Waals surface area contributed by atoms with Crippen LogP contribution in [-0.2, 0) is 6.18 Å². The maximum Gasteiger partial charge on any atom is 0.420 e. The lowest BCUT2D eigenvalue weighted by atomic mass is 10.1. The van der Waals surface area contributed by atoms with Gasteiger partial charge in [-0.25, -0.2) is 13.8 Å². The number of nitrogens with zero attached hydrogens (tertiary/aromatic N) is 2. The van der Waals surface area contributed by atoms with E-state index in [1.807, 2.05) is 0 Å². The van der Waals surface area contributed by atoms with Crippen LogP contribution < -0.4 is 0 Å². The average Bonchev–Trinajstić information content (AvgIpc) is 2.14. The van der Waals surface area contributed by atoms with Crippen LogP contribution in [0.2, 0.25) is 5.02 Å². The van der Waals surface area contributed by atoms with Gasteiger partial charge >= 0.3 is 11.9 Å². The summed E-state index contributed by atoms with van der Waals surface area (Å²) < 4.78 is 61.9. The molecule has 0 unspecified atom stereocenters. The molecule has 0 aromatic carbocycles. The SMILES string of the molecule is O=[N+]([O-])c1cnc(C(F)F)c(C(F)(F)F)c1Cl. The number of alkyl halides is 5. The Morgan fingerprint density at radius 1 is 1.41 bits per heavy atom. The summed E-state index contributed by atoms with van der Waals surface area (Å²) in [5.74, 6) is 0. The summed E-state index contributed by atoms with van der Waals surface area (Å²) in [6.45, 7) is 0. The Labute approximate surface area is 95.2 Å². The Balaban J connectivity index is 3.59. The third kappa shape index (κ3) is 2.60. The fraction of sp³-hybridized carbons (Fsp3) is 0.286. The van der Waals surface area contributed by atoms with Gasteiger partial charge in [-0.3, -0.25) is 10.1 Å². The molecule has 0 spiro atoms. The van der Waals surface area contributed by atoms with Gasteiger partial charge in [-0.15, -0.1) is 0 Å². The normalized spacial score (nSPS) is 11.9. The van der Waals surface area contributed by atoms with Gasteiger partial charge in [-0.05, 0) is 0 Å². The fourth-order valence-corrected chi connectivity index (χ4v) is 1.38. The van der Waals surface area contributed by atoms with Crippen LogP contribution in [0.4, 0.5) is 27.6 Å². The summed E-state index contributed by atoms with van der Waals surface area (Å²) in [5.41, 5.74) is -4.79. The Kier molecular flexibility index (Phi) is 3.51. The van der Waals surface area contributed by atoms with Crippen molar-refractivity contribution >= 4 is 17.3 Å². The predicted molar refractivity (Wildman–Crippen MR) is 45.9 cm³/mol. The molecule has 0 saturated heterocycles. The molecule has 0 aliphatic carbocycles. The van der Waals surface area contributed by atoms with Crippen LogP contribution in [0.5, 0.6) is 0 Å². The van der Waals surface area contributed by atoms with Crippen LogP contribution >= 0.6 is 11.6 Å². The van der Waals surface area contributed by atoms with Crippen LogP contribution in [0, 0.1) is 10.1 Å². The molecular weight excluding hydrogens is 275 g/mol. The molecule has 0 saturated carbocycles. The Morgan fingerprint density at radius 3 is 2.29 bits per heavy atom. The Hall–Kier alpha value is -1.51. The van der Waals surface area contributed by atoms with Crippen molar-refractivity contribution in [1.29, 1.82) is 0 Å². The standard InChI is InChI=1S/C7H2ClF5N2O2/c8-4-2(15(16)17)1-14-5(6(9)10)3(4)7(11,12)13/h1,6H. The average molecular weight is 277 g/mol. The molecule has 0 radical (unpaired) electrons. The topological polar surface area (TPSA) is 56.0 Å². The molecule has 1 rings (SSSR count). The zero-order valence-electron chi connectivity index (χ0n) is 7.63. The van der Waals surface area contributed by atoms with E-state index in [1.54, 1.807) is 0 Å². The van der Waals surface area contributed by atoms with Crippen molar-refractivity contribution < 1.29 is 26.9 Å². The highest BCUT2D eigenvalue weighted by Crippen LogP contribution is 2.42. The molecule has 0 N–H and O–H groups in total. The molecule has 1 aromatic heterocycles. The van der Waals surface area contributed by atoms with Crippen molar-refractivity contribution in [3.63, 3.8) is 0 Å².